The van der Waals surface area contributed by atoms with Crippen molar-refractivity contribution in [2.75, 3.05) is 6.61 Å². The Kier molecular flexibility index (Phi) is 1.65. The number of aliphatic hydroxyl groups excluding tert-OH is 1. The zero-order valence-electron chi connectivity index (χ0n) is 4.92. The van der Waals surface area contributed by atoms with Crippen LogP contribution in [0.3, 0.4) is 0 Å². The van der Waals surface area contributed by atoms with Gasteiger partial charge in [0.05, 0.1) is 6.61 Å². The van der Waals surface area contributed by atoms with Crippen molar-refractivity contribution < 1.29 is 9.84 Å². The molecule has 0 amide bonds. The molecule has 0 saturated carbocycles. The van der Waals surface area contributed by atoms with Gasteiger partial charge in [-0.2, -0.15) is 0 Å². The number of ether oxygens (including phenoxy) is 1. The molecule has 1 heterocycles. The van der Waals surface area contributed by atoms with Crippen LogP contribution in [0.5, 0.6) is 0 Å². The molecule has 0 aliphatic carbocycles. The molecule has 0 radical (unpaired) electrons. The van der Waals surface area contributed by atoms with E-state index in [4.69, 9.17) is 9.84 Å². The zero-order chi connectivity index (χ0) is 5.98. The summed E-state index contributed by atoms with van der Waals surface area (Å²) in [4.78, 5) is 0. The average Bonchev–Trinajstić information content (AvgIpc) is 1.77. The third kappa shape index (κ3) is 1.08. The summed E-state index contributed by atoms with van der Waals surface area (Å²) in [6, 6.07) is 0. The Labute approximate surface area is 48.8 Å². The minimum atomic E-state index is -0.635. The van der Waals surface area contributed by atoms with Crippen molar-refractivity contribution >= 4 is 0 Å². The molecular weight excluding hydrogens is 104 g/mol. The summed E-state index contributed by atoms with van der Waals surface area (Å²) in [6.07, 6.45) is 2.29. The highest BCUT2D eigenvalue weighted by molar-refractivity contribution is 5.03. The molecule has 0 aromatic carbocycles. The summed E-state index contributed by atoms with van der Waals surface area (Å²) in [6.45, 7) is 2.52. The molecule has 1 aliphatic rings. The van der Waals surface area contributed by atoms with Gasteiger partial charge in [0.2, 0.25) is 0 Å². The first kappa shape index (κ1) is 5.79. The van der Waals surface area contributed by atoms with Crippen LogP contribution in [-0.2, 0) is 4.74 Å². The molecule has 2 nitrogen and oxygen atoms in total. The molecule has 0 fully saturated rings. The highest BCUT2D eigenvalue weighted by Gasteiger charge is 2.08. The molecule has 0 spiro atoms. The van der Waals surface area contributed by atoms with E-state index in [-0.39, 0.29) is 0 Å². The van der Waals surface area contributed by atoms with Crippen LogP contribution in [0.15, 0.2) is 11.6 Å². The second-order valence-electron chi connectivity index (χ2n) is 1.96. The summed E-state index contributed by atoms with van der Waals surface area (Å²) in [5.74, 6) is 0. The first-order valence-electron chi connectivity index (χ1n) is 2.77. The van der Waals surface area contributed by atoms with Gasteiger partial charge >= 0.3 is 0 Å². The van der Waals surface area contributed by atoms with E-state index in [9.17, 15) is 0 Å². The number of hydrogen-bond acceptors (Lipinski definition) is 2. The van der Waals surface area contributed by atoms with Crippen LogP contribution < -0.4 is 0 Å². The van der Waals surface area contributed by atoms with Gasteiger partial charge in [-0.1, -0.05) is 6.08 Å². The quantitative estimate of drug-likeness (QED) is 0.469. The van der Waals surface area contributed by atoms with Gasteiger partial charge < -0.3 is 9.84 Å². The Hall–Kier alpha value is -0.340. The molecule has 1 rings (SSSR count). The molecule has 0 saturated heterocycles. The third-order valence-electron chi connectivity index (χ3n) is 1.25. The predicted molar refractivity (Wildman–Crippen MR) is 30.3 cm³/mol. The Morgan fingerprint density at radius 2 is 2.62 bits per heavy atom. The van der Waals surface area contributed by atoms with Crippen molar-refractivity contribution in [1.29, 1.82) is 0 Å². The van der Waals surface area contributed by atoms with E-state index in [1.165, 1.54) is 0 Å². The standard InChI is InChI=1S/C6H10O2/c1-5-3-2-4-8-6(5)7/h3,6-7H,2,4H2,1H3. The molecule has 1 atom stereocenters. The Morgan fingerprint density at radius 1 is 1.88 bits per heavy atom. The summed E-state index contributed by atoms with van der Waals surface area (Å²) in [7, 11) is 0. The Balaban J connectivity index is 2.53. The van der Waals surface area contributed by atoms with Gasteiger partial charge in [-0.25, -0.2) is 0 Å². The molecule has 1 unspecified atom stereocenters. The largest absolute Gasteiger partial charge is 0.364 e. The molecule has 0 aromatic heterocycles. The Morgan fingerprint density at radius 3 is 3.00 bits per heavy atom. The van der Waals surface area contributed by atoms with Gasteiger partial charge in [-0.3, -0.25) is 0 Å². The molecule has 1 aliphatic heterocycles. The van der Waals surface area contributed by atoms with Gasteiger partial charge in [-0.15, -0.1) is 0 Å². The van der Waals surface area contributed by atoms with E-state index in [0.29, 0.717) is 6.61 Å². The SMILES string of the molecule is CC1=CCCOC1O. The van der Waals surface area contributed by atoms with Crippen LogP contribution >= 0.6 is 0 Å². The molecular formula is C6H10O2. The minimum absolute atomic E-state index is 0.635. The van der Waals surface area contributed by atoms with Crippen LogP contribution in [0.25, 0.3) is 0 Å². The third-order valence-corrected chi connectivity index (χ3v) is 1.25. The lowest BCUT2D eigenvalue weighted by atomic mass is 10.2. The van der Waals surface area contributed by atoms with E-state index in [1.54, 1.807) is 0 Å². The molecule has 0 bridgehead atoms. The average molecular weight is 114 g/mol. The molecule has 0 aromatic rings. The van der Waals surface area contributed by atoms with Gasteiger partial charge in [0.25, 0.3) is 0 Å². The lowest BCUT2D eigenvalue weighted by molar-refractivity contribution is -0.0774. The second-order valence-corrected chi connectivity index (χ2v) is 1.96. The molecule has 2 heteroatoms. The van der Waals surface area contributed by atoms with Crippen molar-refractivity contribution in [2.45, 2.75) is 19.6 Å². The maximum Gasteiger partial charge on any atom is 0.176 e. The highest BCUT2D eigenvalue weighted by atomic mass is 16.6. The van der Waals surface area contributed by atoms with Crippen molar-refractivity contribution in [2.24, 2.45) is 0 Å². The first-order chi connectivity index (χ1) is 3.80. The number of rotatable bonds is 0. The first-order valence-corrected chi connectivity index (χ1v) is 2.77. The van der Waals surface area contributed by atoms with E-state index in [2.05, 4.69) is 0 Å². The number of aliphatic hydroxyl groups is 1. The summed E-state index contributed by atoms with van der Waals surface area (Å²) in [5.41, 5.74) is 0.927. The van der Waals surface area contributed by atoms with Gasteiger partial charge in [-0.05, 0) is 18.9 Å². The normalized spacial score (nSPS) is 29.8. The van der Waals surface area contributed by atoms with Crippen molar-refractivity contribution in [3.63, 3.8) is 0 Å². The van der Waals surface area contributed by atoms with Gasteiger partial charge in [0.15, 0.2) is 6.29 Å². The fourth-order valence-corrected chi connectivity index (χ4v) is 0.699. The van der Waals surface area contributed by atoms with Crippen LogP contribution in [0, 0.1) is 0 Å². The minimum Gasteiger partial charge on any atom is -0.364 e. The van der Waals surface area contributed by atoms with E-state index in [0.717, 1.165) is 12.0 Å². The van der Waals surface area contributed by atoms with Crippen molar-refractivity contribution in [1.82, 2.24) is 0 Å². The second kappa shape index (κ2) is 2.29. The van der Waals surface area contributed by atoms with Crippen LogP contribution in [0.2, 0.25) is 0 Å². The lowest BCUT2D eigenvalue weighted by Gasteiger charge is -2.16. The summed E-state index contributed by atoms with van der Waals surface area (Å²) >= 11 is 0. The Bertz CT molecular complexity index is 107. The molecule has 8 heavy (non-hydrogen) atoms. The lowest BCUT2D eigenvalue weighted by Crippen LogP contribution is -2.17. The zero-order valence-corrected chi connectivity index (χ0v) is 4.92. The van der Waals surface area contributed by atoms with Crippen LogP contribution in [0.1, 0.15) is 13.3 Å². The van der Waals surface area contributed by atoms with Crippen molar-refractivity contribution in [3.05, 3.63) is 11.6 Å². The maximum absolute atomic E-state index is 8.89. The van der Waals surface area contributed by atoms with E-state index < -0.39 is 6.29 Å². The monoisotopic (exact) mass is 114 g/mol. The summed E-state index contributed by atoms with van der Waals surface area (Å²) < 4.78 is 4.88. The van der Waals surface area contributed by atoms with Gasteiger partial charge in [0, 0.05) is 0 Å². The van der Waals surface area contributed by atoms with Crippen LogP contribution in [0.4, 0.5) is 0 Å². The number of hydrogen-bond donors (Lipinski definition) is 1. The van der Waals surface area contributed by atoms with E-state index >= 15 is 0 Å². The highest BCUT2D eigenvalue weighted by Crippen LogP contribution is 2.09. The topological polar surface area (TPSA) is 29.5 Å². The van der Waals surface area contributed by atoms with Gasteiger partial charge in [0.1, 0.15) is 0 Å². The smallest absolute Gasteiger partial charge is 0.176 e. The van der Waals surface area contributed by atoms with Crippen molar-refractivity contribution in [3.8, 4) is 0 Å². The van der Waals surface area contributed by atoms with Crippen LogP contribution in [-0.4, -0.2) is 18.0 Å². The molecule has 1 N–H and O–H groups in total. The fraction of sp³-hybridized carbons (Fsp3) is 0.667. The fourth-order valence-electron chi connectivity index (χ4n) is 0.699. The molecule has 46 valence electrons. The predicted octanol–water partition coefficient (Wildman–Crippen LogP) is 0.671. The summed E-state index contributed by atoms with van der Waals surface area (Å²) in [5, 5.41) is 8.89. The maximum atomic E-state index is 8.89. The van der Waals surface area contributed by atoms with E-state index in [1.807, 2.05) is 13.0 Å².